The molecule has 1 aromatic rings. The standard InChI is InChI=1S/C14H20ClNO2S/c1-2-9-16-19(17,18)14-6-4-3-5-12(14)10-13(15)11-7-8-11/h3-6,11,13,16H,2,7-10H2,1H3. The Hall–Kier alpha value is -0.580. The zero-order chi connectivity index (χ0) is 13.9. The average molecular weight is 302 g/mol. The second-order valence-corrected chi connectivity index (χ2v) is 7.36. The van der Waals surface area contributed by atoms with Gasteiger partial charge in [-0.2, -0.15) is 0 Å². The van der Waals surface area contributed by atoms with Crippen molar-refractivity contribution in [2.45, 2.75) is 42.9 Å². The number of benzene rings is 1. The topological polar surface area (TPSA) is 46.2 Å². The lowest BCUT2D eigenvalue weighted by Gasteiger charge is -2.13. The van der Waals surface area contributed by atoms with Crippen LogP contribution < -0.4 is 4.72 Å². The zero-order valence-electron chi connectivity index (χ0n) is 11.1. The fraction of sp³-hybridized carbons (Fsp3) is 0.571. The van der Waals surface area contributed by atoms with E-state index in [4.69, 9.17) is 11.6 Å². The van der Waals surface area contributed by atoms with Crippen LogP contribution in [0.2, 0.25) is 0 Å². The summed E-state index contributed by atoms with van der Waals surface area (Å²) in [7, 11) is -3.41. The summed E-state index contributed by atoms with van der Waals surface area (Å²) in [6, 6.07) is 7.14. The summed E-state index contributed by atoms with van der Waals surface area (Å²) in [4.78, 5) is 0.370. The molecule has 1 unspecified atom stereocenters. The van der Waals surface area contributed by atoms with E-state index in [1.165, 1.54) is 0 Å². The Balaban J connectivity index is 2.19. The normalized spacial score (nSPS) is 17.4. The van der Waals surface area contributed by atoms with E-state index >= 15 is 0 Å². The lowest BCUT2D eigenvalue weighted by molar-refractivity contribution is 0.579. The van der Waals surface area contributed by atoms with Crippen LogP contribution in [0, 0.1) is 5.92 Å². The molecule has 0 bridgehead atoms. The fourth-order valence-corrected chi connectivity index (χ4v) is 3.88. The van der Waals surface area contributed by atoms with Gasteiger partial charge in [-0.25, -0.2) is 13.1 Å². The lowest BCUT2D eigenvalue weighted by Crippen LogP contribution is -2.26. The van der Waals surface area contributed by atoms with Crippen LogP contribution in [-0.4, -0.2) is 20.3 Å². The van der Waals surface area contributed by atoms with Gasteiger partial charge >= 0.3 is 0 Å². The Labute approximate surface area is 120 Å². The Morgan fingerprint density at radius 3 is 2.68 bits per heavy atom. The summed E-state index contributed by atoms with van der Waals surface area (Å²) in [6.45, 7) is 2.40. The van der Waals surface area contributed by atoms with Crippen LogP contribution in [0.5, 0.6) is 0 Å². The van der Waals surface area contributed by atoms with Crippen molar-refractivity contribution in [3.63, 3.8) is 0 Å². The van der Waals surface area contributed by atoms with Gasteiger partial charge in [0.2, 0.25) is 10.0 Å². The molecule has 106 valence electrons. The van der Waals surface area contributed by atoms with Gasteiger partial charge in [-0.1, -0.05) is 25.1 Å². The SMILES string of the molecule is CCCNS(=O)(=O)c1ccccc1CC(Cl)C1CC1. The van der Waals surface area contributed by atoms with Crippen molar-refractivity contribution >= 4 is 21.6 Å². The van der Waals surface area contributed by atoms with E-state index in [0.29, 0.717) is 23.8 Å². The highest BCUT2D eigenvalue weighted by Gasteiger charge is 2.31. The van der Waals surface area contributed by atoms with E-state index < -0.39 is 10.0 Å². The van der Waals surface area contributed by atoms with E-state index in [9.17, 15) is 8.42 Å². The predicted octanol–water partition coefficient (Wildman–Crippen LogP) is 2.93. The van der Waals surface area contributed by atoms with Crippen molar-refractivity contribution in [3.05, 3.63) is 29.8 Å². The lowest BCUT2D eigenvalue weighted by atomic mass is 10.1. The molecule has 0 saturated heterocycles. The minimum atomic E-state index is -3.41. The molecule has 0 heterocycles. The predicted molar refractivity (Wildman–Crippen MR) is 78.0 cm³/mol. The quantitative estimate of drug-likeness (QED) is 0.787. The second kappa shape index (κ2) is 6.25. The first-order valence-corrected chi connectivity index (χ1v) is 8.68. The molecule has 0 aromatic heterocycles. The molecule has 1 fully saturated rings. The maximum absolute atomic E-state index is 12.2. The van der Waals surface area contributed by atoms with E-state index in [1.54, 1.807) is 12.1 Å². The molecule has 0 amide bonds. The molecule has 0 spiro atoms. The molecule has 5 heteroatoms. The highest BCUT2D eigenvalue weighted by atomic mass is 35.5. The number of sulfonamides is 1. The molecule has 2 rings (SSSR count). The maximum atomic E-state index is 12.2. The molecule has 0 aliphatic heterocycles. The molecule has 1 atom stereocenters. The van der Waals surface area contributed by atoms with Gasteiger partial charge in [-0.15, -0.1) is 11.6 Å². The third-order valence-electron chi connectivity index (χ3n) is 3.35. The molecule has 1 aromatic carbocycles. The van der Waals surface area contributed by atoms with E-state index in [2.05, 4.69) is 4.72 Å². The van der Waals surface area contributed by atoms with Crippen LogP contribution in [0.4, 0.5) is 0 Å². The zero-order valence-corrected chi connectivity index (χ0v) is 12.7. The van der Waals surface area contributed by atoms with Gasteiger partial charge in [-0.3, -0.25) is 0 Å². The van der Waals surface area contributed by atoms with Crippen LogP contribution in [0.1, 0.15) is 31.7 Å². The molecule has 1 aliphatic carbocycles. The van der Waals surface area contributed by atoms with Crippen molar-refractivity contribution in [3.8, 4) is 0 Å². The second-order valence-electron chi connectivity index (χ2n) is 5.06. The number of nitrogens with one attached hydrogen (secondary N) is 1. The Bertz CT molecular complexity index is 526. The summed E-state index contributed by atoms with van der Waals surface area (Å²) in [6.07, 6.45) is 3.73. The number of alkyl halides is 1. The van der Waals surface area contributed by atoms with Gasteiger partial charge in [0.15, 0.2) is 0 Å². The number of hydrogen-bond acceptors (Lipinski definition) is 2. The molecular formula is C14H20ClNO2S. The van der Waals surface area contributed by atoms with Crippen molar-refractivity contribution < 1.29 is 8.42 Å². The fourth-order valence-electron chi connectivity index (χ4n) is 2.08. The number of rotatable bonds is 7. The summed E-state index contributed by atoms with van der Waals surface area (Å²) < 4.78 is 27.1. The highest BCUT2D eigenvalue weighted by molar-refractivity contribution is 7.89. The molecule has 1 aliphatic rings. The van der Waals surface area contributed by atoms with E-state index in [-0.39, 0.29) is 5.38 Å². The third-order valence-corrected chi connectivity index (χ3v) is 5.42. The summed E-state index contributed by atoms with van der Waals surface area (Å²) in [5.41, 5.74) is 0.818. The molecule has 1 saturated carbocycles. The smallest absolute Gasteiger partial charge is 0.211 e. The third kappa shape index (κ3) is 3.94. The summed E-state index contributed by atoms with van der Waals surface area (Å²) >= 11 is 6.32. The monoisotopic (exact) mass is 301 g/mol. The van der Waals surface area contributed by atoms with Gasteiger partial charge in [0.05, 0.1) is 4.90 Å². The van der Waals surface area contributed by atoms with Gasteiger partial charge < -0.3 is 0 Å². The van der Waals surface area contributed by atoms with Gasteiger partial charge in [0.25, 0.3) is 0 Å². The molecule has 3 nitrogen and oxygen atoms in total. The highest BCUT2D eigenvalue weighted by Crippen LogP contribution is 2.37. The first-order chi connectivity index (χ1) is 9.04. The summed E-state index contributed by atoms with van der Waals surface area (Å²) in [5.74, 6) is 0.557. The first kappa shape index (κ1) is 14.8. The largest absolute Gasteiger partial charge is 0.240 e. The van der Waals surface area contributed by atoms with Gasteiger partial charge in [-0.05, 0) is 43.2 Å². The molecule has 19 heavy (non-hydrogen) atoms. The van der Waals surface area contributed by atoms with E-state index in [0.717, 1.165) is 24.8 Å². The molecule has 0 radical (unpaired) electrons. The van der Waals surface area contributed by atoms with Crippen LogP contribution >= 0.6 is 11.6 Å². The number of hydrogen-bond donors (Lipinski definition) is 1. The number of halogens is 1. The first-order valence-electron chi connectivity index (χ1n) is 6.76. The Morgan fingerprint density at radius 1 is 1.37 bits per heavy atom. The molecular weight excluding hydrogens is 282 g/mol. The van der Waals surface area contributed by atoms with Gasteiger partial charge in [0.1, 0.15) is 0 Å². The van der Waals surface area contributed by atoms with Crippen molar-refractivity contribution in [2.24, 2.45) is 5.92 Å². The minimum absolute atomic E-state index is 0.0440. The van der Waals surface area contributed by atoms with Crippen molar-refractivity contribution in [2.75, 3.05) is 6.54 Å². The van der Waals surface area contributed by atoms with Crippen LogP contribution in [0.15, 0.2) is 29.2 Å². The maximum Gasteiger partial charge on any atom is 0.240 e. The Morgan fingerprint density at radius 2 is 2.05 bits per heavy atom. The summed E-state index contributed by atoms with van der Waals surface area (Å²) in [5, 5.41) is 0.0440. The van der Waals surface area contributed by atoms with Crippen molar-refractivity contribution in [1.29, 1.82) is 0 Å². The van der Waals surface area contributed by atoms with Crippen LogP contribution in [0.25, 0.3) is 0 Å². The molecule has 1 N–H and O–H groups in total. The van der Waals surface area contributed by atoms with Crippen LogP contribution in [-0.2, 0) is 16.4 Å². The van der Waals surface area contributed by atoms with Crippen molar-refractivity contribution in [1.82, 2.24) is 4.72 Å². The average Bonchev–Trinajstić information content (AvgIpc) is 3.21. The van der Waals surface area contributed by atoms with E-state index in [1.807, 2.05) is 19.1 Å². The van der Waals surface area contributed by atoms with Crippen LogP contribution in [0.3, 0.4) is 0 Å². The van der Waals surface area contributed by atoms with Gasteiger partial charge in [0, 0.05) is 11.9 Å². The minimum Gasteiger partial charge on any atom is -0.211 e. The Kier molecular flexibility index (Phi) is 4.87.